The normalized spacial score (nSPS) is 16.9. The molecule has 0 atom stereocenters. The first-order chi connectivity index (χ1) is 8.61. The van der Waals surface area contributed by atoms with Crippen molar-refractivity contribution in [1.29, 1.82) is 0 Å². The Kier molecular flexibility index (Phi) is 4.27. The van der Waals surface area contributed by atoms with E-state index in [2.05, 4.69) is 6.26 Å². The fourth-order valence-electron chi connectivity index (χ4n) is 2.26. The van der Waals surface area contributed by atoms with Gasteiger partial charge in [-0.25, -0.2) is 4.39 Å². The molecule has 1 aromatic rings. The van der Waals surface area contributed by atoms with Gasteiger partial charge in [-0.3, -0.25) is 4.79 Å². The molecular formula is C14H18FNOS. The van der Waals surface area contributed by atoms with Crippen LogP contribution in [-0.4, -0.2) is 35.4 Å². The maximum absolute atomic E-state index is 13.7. The number of nitrogens with zero attached hydrogens (tertiary/aromatic N) is 1. The van der Waals surface area contributed by atoms with E-state index in [1.807, 2.05) is 18.7 Å². The average molecular weight is 267 g/mol. The van der Waals surface area contributed by atoms with Crippen LogP contribution in [-0.2, 0) is 0 Å². The first-order valence-electron chi connectivity index (χ1n) is 6.20. The summed E-state index contributed by atoms with van der Waals surface area (Å²) in [5, 5.41) is 0.636. The number of hydrogen-bond acceptors (Lipinski definition) is 2. The molecule has 18 heavy (non-hydrogen) atoms. The van der Waals surface area contributed by atoms with E-state index < -0.39 is 5.82 Å². The highest BCUT2D eigenvalue weighted by Crippen LogP contribution is 2.22. The number of piperidine rings is 1. The van der Waals surface area contributed by atoms with Crippen LogP contribution in [0.15, 0.2) is 18.2 Å². The Hall–Kier alpha value is -1.03. The maximum atomic E-state index is 13.7. The van der Waals surface area contributed by atoms with Gasteiger partial charge in [0, 0.05) is 18.3 Å². The van der Waals surface area contributed by atoms with Gasteiger partial charge < -0.3 is 4.90 Å². The van der Waals surface area contributed by atoms with Crippen molar-refractivity contribution in [2.45, 2.75) is 25.0 Å². The summed E-state index contributed by atoms with van der Waals surface area (Å²) < 4.78 is 13.7. The molecule has 1 heterocycles. The first-order valence-corrected chi connectivity index (χ1v) is 7.49. The van der Waals surface area contributed by atoms with E-state index in [-0.39, 0.29) is 11.5 Å². The SMILES string of the molecule is CSC1CCN(C(=O)c2ccc(C)cc2F)CC1. The van der Waals surface area contributed by atoms with Gasteiger partial charge in [-0.1, -0.05) is 6.07 Å². The topological polar surface area (TPSA) is 20.3 Å². The summed E-state index contributed by atoms with van der Waals surface area (Å²) in [5.41, 5.74) is 1.04. The second-order valence-corrected chi connectivity index (χ2v) is 5.85. The maximum Gasteiger partial charge on any atom is 0.256 e. The van der Waals surface area contributed by atoms with Gasteiger partial charge in [0.25, 0.3) is 5.91 Å². The number of hydrogen-bond donors (Lipinski definition) is 0. The quantitative estimate of drug-likeness (QED) is 0.820. The minimum absolute atomic E-state index is 0.174. The molecule has 2 rings (SSSR count). The highest BCUT2D eigenvalue weighted by Gasteiger charge is 2.24. The van der Waals surface area contributed by atoms with Crippen LogP contribution in [0, 0.1) is 12.7 Å². The lowest BCUT2D eigenvalue weighted by atomic mass is 10.1. The second-order valence-electron chi connectivity index (χ2n) is 4.71. The van der Waals surface area contributed by atoms with Crippen LogP contribution in [0.4, 0.5) is 4.39 Å². The van der Waals surface area contributed by atoms with Crippen LogP contribution in [0.2, 0.25) is 0 Å². The van der Waals surface area contributed by atoms with Crippen molar-refractivity contribution in [1.82, 2.24) is 4.90 Å². The Morgan fingerprint density at radius 2 is 2.06 bits per heavy atom. The molecule has 4 heteroatoms. The Balaban J connectivity index is 2.08. The van der Waals surface area contributed by atoms with E-state index in [1.165, 1.54) is 6.07 Å². The number of carbonyl (C=O) groups is 1. The van der Waals surface area contributed by atoms with Crippen LogP contribution in [0.5, 0.6) is 0 Å². The lowest BCUT2D eigenvalue weighted by Gasteiger charge is -2.31. The molecule has 1 aliphatic rings. The van der Waals surface area contributed by atoms with Crippen molar-refractivity contribution in [2.24, 2.45) is 0 Å². The van der Waals surface area contributed by atoms with Gasteiger partial charge in [-0.2, -0.15) is 11.8 Å². The van der Waals surface area contributed by atoms with Crippen molar-refractivity contribution >= 4 is 17.7 Å². The van der Waals surface area contributed by atoms with Crippen molar-refractivity contribution in [2.75, 3.05) is 19.3 Å². The van der Waals surface area contributed by atoms with Crippen LogP contribution < -0.4 is 0 Å². The van der Waals surface area contributed by atoms with Crippen LogP contribution >= 0.6 is 11.8 Å². The van der Waals surface area contributed by atoms with E-state index in [4.69, 9.17) is 0 Å². The van der Waals surface area contributed by atoms with Gasteiger partial charge in [0.05, 0.1) is 5.56 Å². The molecule has 0 radical (unpaired) electrons. The van der Waals surface area contributed by atoms with Crippen molar-refractivity contribution < 1.29 is 9.18 Å². The highest BCUT2D eigenvalue weighted by molar-refractivity contribution is 7.99. The van der Waals surface area contributed by atoms with E-state index in [0.717, 1.165) is 31.5 Å². The summed E-state index contributed by atoms with van der Waals surface area (Å²) in [5.74, 6) is -0.584. The predicted octanol–water partition coefficient (Wildman–Crippen LogP) is 3.10. The van der Waals surface area contributed by atoms with Gasteiger partial charge in [0.15, 0.2) is 0 Å². The molecule has 0 unspecified atom stereocenters. The Bertz CT molecular complexity index is 441. The molecule has 0 spiro atoms. The molecular weight excluding hydrogens is 249 g/mol. The lowest BCUT2D eigenvalue weighted by Crippen LogP contribution is -2.39. The third kappa shape index (κ3) is 2.86. The number of aryl methyl sites for hydroxylation is 1. The summed E-state index contributed by atoms with van der Waals surface area (Å²) in [4.78, 5) is 14.0. The van der Waals surface area contributed by atoms with Gasteiger partial charge in [0.2, 0.25) is 0 Å². The van der Waals surface area contributed by atoms with Crippen molar-refractivity contribution in [3.05, 3.63) is 35.1 Å². The van der Waals surface area contributed by atoms with Gasteiger partial charge in [0.1, 0.15) is 5.82 Å². The number of thioether (sulfide) groups is 1. The molecule has 98 valence electrons. The predicted molar refractivity (Wildman–Crippen MR) is 73.6 cm³/mol. The molecule has 0 aromatic heterocycles. The molecule has 0 N–H and O–H groups in total. The van der Waals surface area contributed by atoms with E-state index >= 15 is 0 Å². The highest BCUT2D eigenvalue weighted by atomic mass is 32.2. The Labute approximate surface area is 112 Å². The smallest absolute Gasteiger partial charge is 0.256 e. The number of benzene rings is 1. The fraction of sp³-hybridized carbons (Fsp3) is 0.500. The summed E-state index contributed by atoms with van der Waals surface area (Å²) in [6.45, 7) is 3.29. The Morgan fingerprint density at radius 3 is 2.61 bits per heavy atom. The summed E-state index contributed by atoms with van der Waals surface area (Å²) in [6, 6.07) is 4.79. The zero-order valence-corrected chi connectivity index (χ0v) is 11.6. The number of rotatable bonds is 2. The van der Waals surface area contributed by atoms with Crippen molar-refractivity contribution in [3.8, 4) is 0 Å². The summed E-state index contributed by atoms with van der Waals surface area (Å²) in [7, 11) is 0. The largest absolute Gasteiger partial charge is 0.338 e. The zero-order valence-electron chi connectivity index (χ0n) is 10.8. The van der Waals surface area contributed by atoms with Gasteiger partial charge in [-0.15, -0.1) is 0 Å². The monoisotopic (exact) mass is 267 g/mol. The van der Waals surface area contributed by atoms with Crippen LogP contribution in [0.3, 0.4) is 0 Å². The number of likely N-dealkylation sites (tertiary alicyclic amines) is 1. The van der Waals surface area contributed by atoms with Gasteiger partial charge >= 0.3 is 0 Å². The minimum Gasteiger partial charge on any atom is -0.338 e. The van der Waals surface area contributed by atoms with Crippen LogP contribution in [0.1, 0.15) is 28.8 Å². The van der Waals surface area contributed by atoms with E-state index in [9.17, 15) is 9.18 Å². The molecule has 1 amide bonds. The second kappa shape index (κ2) is 5.74. The molecule has 0 bridgehead atoms. The third-order valence-corrected chi connectivity index (χ3v) is 4.56. The summed E-state index contributed by atoms with van der Waals surface area (Å²) in [6.07, 6.45) is 4.10. The molecule has 0 saturated carbocycles. The molecule has 1 fully saturated rings. The third-order valence-electron chi connectivity index (χ3n) is 3.42. The number of halogens is 1. The molecule has 2 nitrogen and oxygen atoms in total. The lowest BCUT2D eigenvalue weighted by molar-refractivity contribution is 0.0723. The van der Waals surface area contributed by atoms with Crippen molar-refractivity contribution in [3.63, 3.8) is 0 Å². The average Bonchev–Trinajstić information content (AvgIpc) is 2.38. The Morgan fingerprint density at radius 1 is 1.39 bits per heavy atom. The van der Waals surface area contributed by atoms with E-state index in [1.54, 1.807) is 17.0 Å². The molecule has 1 saturated heterocycles. The molecule has 1 aromatic carbocycles. The fourth-order valence-corrected chi connectivity index (χ4v) is 2.94. The zero-order chi connectivity index (χ0) is 13.1. The number of amides is 1. The van der Waals surface area contributed by atoms with Crippen LogP contribution in [0.25, 0.3) is 0 Å². The van der Waals surface area contributed by atoms with E-state index in [0.29, 0.717) is 5.25 Å². The summed E-state index contributed by atoms with van der Waals surface area (Å²) >= 11 is 1.85. The molecule has 1 aliphatic heterocycles. The standard InChI is InChI=1S/C14H18FNOS/c1-10-3-4-12(13(15)9-10)14(17)16-7-5-11(18-2)6-8-16/h3-4,9,11H,5-8H2,1-2H3. The minimum atomic E-state index is -0.410. The van der Waals surface area contributed by atoms with Gasteiger partial charge in [-0.05, 0) is 43.7 Å². The number of carbonyl (C=O) groups excluding carboxylic acids is 1. The molecule has 0 aliphatic carbocycles. The first kappa shape index (κ1) is 13.4.